The summed E-state index contributed by atoms with van der Waals surface area (Å²) in [5.41, 5.74) is 1.66. The van der Waals surface area contributed by atoms with E-state index in [1.165, 1.54) is 6.07 Å². The first-order valence-electron chi connectivity index (χ1n) is 7.85. The van der Waals surface area contributed by atoms with Crippen LogP contribution in [0.1, 0.15) is 37.4 Å². The Morgan fingerprint density at radius 1 is 1.21 bits per heavy atom. The topological polar surface area (TPSA) is 55.4 Å². The molecule has 130 valence electrons. The maximum Gasteiger partial charge on any atom is 0.244 e. The number of hydrogen-bond donors (Lipinski definition) is 1. The Bertz CT molecular complexity index is 791. The molecule has 1 N–H and O–H groups in total. The van der Waals surface area contributed by atoms with Crippen molar-refractivity contribution in [3.8, 4) is 5.75 Å². The molecular formula is C18H22ClNO3S. The average Bonchev–Trinajstić information content (AvgIpc) is 2.55. The van der Waals surface area contributed by atoms with Crippen molar-refractivity contribution in [2.24, 2.45) is 0 Å². The molecule has 6 heteroatoms. The molecule has 0 aliphatic rings. The van der Waals surface area contributed by atoms with E-state index in [0.717, 1.165) is 17.5 Å². The Labute approximate surface area is 148 Å². The predicted molar refractivity (Wildman–Crippen MR) is 97.2 cm³/mol. The van der Waals surface area contributed by atoms with E-state index < -0.39 is 10.0 Å². The number of ether oxygens (including phenoxy) is 1. The number of rotatable bonds is 7. The van der Waals surface area contributed by atoms with Crippen LogP contribution in [0.4, 0.5) is 0 Å². The number of benzene rings is 2. The minimum Gasteiger partial charge on any atom is -0.492 e. The third-order valence-electron chi connectivity index (χ3n) is 3.61. The van der Waals surface area contributed by atoms with Gasteiger partial charge in [0.25, 0.3) is 0 Å². The lowest BCUT2D eigenvalue weighted by Gasteiger charge is -2.18. The van der Waals surface area contributed by atoms with Crippen molar-refractivity contribution < 1.29 is 13.2 Å². The fourth-order valence-corrected chi connectivity index (χ4v) is 3.89. The summed E-state index contributed by atoms with van der Waals surface area (Å²) in [5.74, 6) is 0.325. The Morgan fingerprint density at radius 2 is 1.88 bits per heavy atom. The van der Waals surface area contributed by atoms with E-state index in [0.29, 0.717) is 17.4 Å². The zero-order valence-corrected chi connectivity index (χ0v) is 15.6. The van der Waals surface area contributed by atoms with Gasteiger partial charge in [-0.05, 0) is 43.5 Å². The monoisotopic (exact) mass is 367 g/mol. The molecule has 2 aromatic carbocycles. The summed E-state index contributed by atoms with van der Waals surface area (Å²) in [6.45, 7) is 6.03. The van der Waals surface area contributed by atoms with Crippen LogP contribution in [0.15, 0.2) is 47.4 Å². The van der Waals surface area contributed by atoms with Crippen molar-refractivity contribution in [2.75, 3.05) is 6.61 Å². The van der Waals surface area contributed by atoms with Gasteiger partial charge < -0.3 is 4.74 Å². The molecule has 0 aliphatic carbocycles. The maximum atomic E-state index is 12.8. The predicted octanol–water partition coefficient (Wildman–Crippen LogP) is 4.48. The lowest BCUT2D eigenvalue weighted by molar-refractivity contribution is 0.309. The summed E-state index contributed by atoms with van der Waals surface area (Å²) in [6, 6.07) is 12.1. The molecule has 4 nitrogen and oxygen atoms in total. The molecule has 0 amide bonds. The highest BCUT2D eigenvalue weighted by Crippen LogP contribution is 2.31. The van der Waals surface area contributed by atoms with E-state index in [1.54, 1.807) is 13.0 Å². The molecule has 0 saturated heterocycles. The van der Waals surface area contributed by atoms with E-state index in [4.69, 9.17) is 16.3 Å². The van der Waals surface area contributed by atoms with Gasteiger partial charge in [-0.3, -0.25) is 0 Å². The fraction of sp³-hybridized carbons (Fsp3) is 0.333. The van der Waals surface area contributed by atoms with Crippen molar-refractivity contribution in [3.63, 3.8) is 0 Å². The SMILES string of the molecule is CCCOc1cc(C)c(Cl)cc1S(=O)(=O)N[C@@H](C)c1ccccc1. The Kier molecular flexibility index (Phi) is 6.27. The number of hydrogen-bond acceptors (Lipinski definition) is 3. The first kappa shape index (κ1) is 18.8. The molecular weight excluding hydrogens is 346 g/mol. The number of sulfonamides is 1. The molecule has 2 aromatic rings. The second-order valence-electron chi connectivity index (χ2n) is 5.65. The Balaban J connectivity index is 2.36. The minimum absolute atomic E-state index is 0.0642. The highest BCUT2D eigenvalue weighted by atomic mass is 35.5. The van der Waals surface area contributed by atoms with Crippen molar-refractivity contribution in [1.29, 1.82) is 0 Å². The summed E-state index contributed by atoms with van der Waals surface area (Å²) in [5, 5.41) is 0.395. The third-order valence-corrected chi connectivity index (χ3v) is 5.58. The van der Waals surface area contributed by atoms with Crippen molar-refractivity contribution in [2.45, 2.75) is 38.1 Å². The molecule has 0 radical (unpaired) electrons. The van der Waals surface area contributed by atoms with Crippen LogP contribution in [0.25, 0.3) is 0 Å². The van der Waals surface area contributed by atoms with Crippen molar-refractivity contribution >= 4 is 21.6 Å². The van der Waals surface area contributed by atoms with Gasteiger partial charge in [-0.1, -0.05) is 48.9 Å². The second-order valence-corrected chi connectivity index (χ2v) is 7.74. The van der Waals surface area contributed by atoms with Crippen LogP contribution in [-0.4, -0.2) is 15.0 Å². The van der Waals surface area contributed by atoms with Crippen LogP contribution in [0, 0.1) is 6.92 Å². The summed E-state index contributed by atoms with van der Waals surface area (Å²) >= 11 is 6.13. The highest BCUT2D eigenvalue weighted by Gasteiger charge is 2.24. The Hall–Kier alpha value is -1.56. The average molecular weight is 368 g/mol. The van der Waals surface area contributed by atoms with Crippen molar-refractivity contribution in [1.82, 2.24) is 4.72 Å². The van der Waals surface area contributed by atoms with E-state index in [-0.39, 0.29) is 10.9 Å². The van der Waals surface area contributed by atoms with Gasteiger partial charge in [-0.2, -0.15) is 0 Å². The first-order valence-corrected chi connectivity index (χ1v) is 9.71. The van der Waals surface area contributed by atoms with Gasteiger partial charge in [0.2, 0.25) is 10.0 Å². The molecule has 0 bridgehead atoms. The molecule has 1 atom stereocenters. The van der Waals surface area contributed by atoms with E-state index >= 15 is 0 Å². The molecule has 0 saturated carbocycles. The van der Waals surface area contributed by atoms with Gasteiger partial charge >= 0.3 is 0 Å². The third kappa shape index (κ3) is 4.50. The zero-order valence-electron chi connectivity index (χ0n) is 14.0. The molecule has 0 spiro atoms. The smallest absolute Gasteiger partial charge is 0.244 e. The normalized spacial score (nSPS) is 12.8. The van der Waals surface area contributed by atoms with E-state index in [1.807, 2.05) is 44.2 Å². The lowest BCUT2D eigenvalue weighted by atomic mass is 10.1. The minimum atomic E-state index is -3.77. The van der Waals surface area contributed by atoms with Crippen molar-refractivity contribution in [3.05, 3.63) is 58.6 Å². The van der Waals surface area contributed by atoms with Gasteiger partial charge in [-0.15, -0.1) is 0 Å². The van der Waals surface area contributed by atoms with Crippen LogP contribution in [0.2, 0.25) is 5.02 Å². The fourth-order valence-electron chi connectivity index (χ4n) is 2.28. The Morgan fingerprint density at radius 3 is 2.50 bits per heavy atom. The summed E-state index contributed by atoms with van der Waals surface area (Å²) in [6.07, 6.45) is 0.787. The van der Waals surface area contributed by atoms with Gasteiger partial charge in [0, 0.05) is 11.1 Å². The van der Waals surface area contributed by atoms with Crippen LogP contribution in [0.5, 0.6) is 5.75 Å². The lowest BCUT2D eigenvalue weighted by Crippen LogP contribution is -2.27. The molecule has 2 rings (SSSR count). The quantitative estimate of drug-likeness (QED) is 0.785. The summed E-state index contributed by atoms with van der Waals surface area (Å²) < 4.78 is 33.9. The highest BCUT2D eigenvalue weighted by molar-refractivity contribution is 7.89. The van der Waals surface area contributed by atoms with Crippen LogP contribution in [0.3, 0.4) is 0 Å². The molecule has 0 unspecified atom stereocenters. The van der Waals surface area contributed by atoms with E-state index in [2.05, 4.69) is 4.72 Å². The van der Waals surface area contributed by atoms with Crippen LogP contribution < -0.4 is 9.46 Å². The summed E-state index contributed by atoms with van der Waals surface area (Å²) in [4.78, 5) is 0.0642. The largest absolute Gasteiger partial charge is 0.492 e. The first-order chi connectivity index (χ1) is 11.3. The van der Waals surface area contributed by atoms with Gasteiger partial charge in [-0.25, -0.2) is 13.1 Å². The summed E-state index contributed by atoms with van der Waals surface area (Å²) in [7, 11) is -3.77. The molecule has 0 heterocycles. The molecule has 0 aliphatic heterocycles. The molecule has 0 aromatic heterocycles. The van der Waals surface area contributed by atoms with Gasteiger partial charge in [0.05, 0.1) is 6.61 Å². The van der Waals surface area contributed by atoms with Gasteiger partial charge in [0.1, 0.15) is 10.6 Å². The number of nitrogens with one attached hydrogen (secondary N) is 1. The maximum absolute atomic E-state index is 12.8. The molecule has 24 heavy (non-hydrogen) atoms. The van der Waals surface area contributed by atoms with Crippen LogP contribution >= 0.6 is 11.6 Å². The van der Waals surface area contributed by atoms with Crippen LogP contribution in [-0.2, 0) is 10.0 Å². The molecule has 0 fully saturated rings. The van der Waals surface area contributed by atoms with E-state index in [9.17, 15) is 8.42 Å². The standard InChI is InChI=1S/C18H22ClNO3S/c1-4-10-23-17-11-13(2)16(19)12-18(17)24(21,22)20-14(3)15-8-6-5-7-9-15/h5-9,11-12,14,20H,4,10H2,1-3H3/t14-/m0/s1. The second kappa shape index (κ2) is 8.01. The number of aryl methyl sites for hydroxylation is 1. The van der Waals surface area contributed by atoms with Gasteiger partial charge in [0.15, 0.2) is 0 Å². The zero-order chi connectivity index (χ0) is 17.7. The number of halogens is 1.